The van der Waals surface area contributed by atoms with Gasteiger partial charge < -0.3 is 55.4 Å². The molecule has 0 spiro atoms. The molecule has 11 heteroatoms. The molecule has 12 rings (SSSR count). The van der Waals surface area contributed by atoms with Crippen LogP contribution in [0, 0.1) is 0 Å². The molecule has 67 heavy (non-hydrogen) atoms. The summed E-state index contributed by atoms with van der Waals surface area (Å²) in [6, 6.07) is 42.2. The predicted octanol–water partition coefficient (Wildman–Crippen LogP) is 10.7. The van der Waals surface area contributed by atoms with E-state index in [2.05, 4.69) is 0 Å². The lowest BCUT2D eigenvalue weighted by Gasteiger charge is -2.35. The third-order valence-corrected chi connectivity index (χ3v) is 14.4. The van der Waals surface area contributed by atoms with Gasteiger partial charge in [0, 0.05) is 70.2 Å². The zero-order valence-corrected chi connectivity index (χ0v) is 35.4. The molecule has 0 unspecified atom stereocenters. The van der Waals surface area contributed by atoms with Crippen molar-refractivity contribution in [2.45, 2.75) is 47.7 Å². The van der Waals surface area contributed by atoms with Gasteiger partial charge in [0.1, 0.15) is 75.5 Å². The Bertz CT molecular complexity index is 3260. The van der Waals surface area contributed by atoms with Gasteiger partial charge >= 0.3 is 0 Å². The minimum atomic E-state index is -0.776. The highest BCUT2D eigenvalue weighted by molar-refractivity contribution is 5.74. The fraction of sp³-hybridized carbons (Fsp3) is 0.143. The summed E-state index contributed by atoms with van der Waals surface area (Å²) >= 11 is 0. The summed E-state index contributed by atoms with van der Waals surface area (Å²) < 4.78 is 13.7. The lowest BCUT2D eigenvalue weighted by molar-refractivity contribution is 0.221. The minimum absolute atomic E-state index is 0.0415. The third kappa shape index (κ3) is 6.18. The van der Waals surface area contributed by atoms with Crippen LogP contribution >= 0.6 is 0 Å². The van der Waals surface area contributed by atoms with Gasteiger partial charge in [-0.1, -0.05) is 66.7 Å². The highest BCUT2D eigenvalue weighted by Crippen LogP contribution is 2.72. The molecule has 8 aromatic carbocycles. The van der Waals surface area contributed by atoms with Crippen molar-refractivity contribution in [1.29, 1.82) is 0 Å². The van der Waals surface area contributed by atoms with Crippen molar-refractivity contribution >= 4 is 0 Å². The molecular formula is C56H42O11. The number of phenols is 9. The van der Waals surface area contributed by atoms with Gasteiger partial charge in [0.15, 0.2) is 0 Å². The number of hydrogen-bond donors (Lipinski definition) is 9. The number of benzene rings is 8. The molecule has 2 aliphatic carbocycles. The standard InChI is InChI=1S/C56H42O11/c57-31-12-6-27(7-13-31)44-47-38(21-36(62)23-40(47)64)50-52-43(67-56(50)29-10-16-33(59)17-11-29)25-41(65)51-49(45(53(44)54(51)52)26-4-2-1-3-5-26)39-22-37(63)24-42-48(39)46(30-18-34(60)20-35(61)19-30)55(66-42)28-8-14-32(58)15-9-28/h1-25,44-46,49-50,53,55-65H/t44-,45-,46+,49-,50-,53+,55-,56+/m1/s1. The second kappa shape index (κ2) is 14.8. The van der Waals surface area contributed by atoms with E-state index in [1.54, 1.807) is 91.0 Å². The van der Waals surface area contributed by atoms with Gasteiger partial charge in [0.05, 0.1) is 11.8 Å². The Kier molecular flexibility index (Phi) is 8.85. The molecule has 0 aromatic heterocycles. The van der Waals surface area contributed by atoms with Crippen LogP contribution in [-0.4, -0.2) is 46.0 Å². The second-order valence-electron chi connectivity index (χ2n) is 18.1. The van der Waals surface area contributed by atoms with E-state index in [0.717, 1.165) is 22.3 Å². The summed E-state index contributed by atoms with van der Waals surface area (Å²) in [5, 5.41) is 102. The van der Waals surface area contributed by atoms with E-state index in [0.29, 0.717) is 56.0 Å². The van der Waals surface area contributed by atoms with Crippen molar-refractivity contribution < 1.29 is 55.4 Å². The van der Waals surface area contributed by atoms with Gasteiger partial charge in [-0.2, -0.15) is 0 Å². The van der Waals surface area contributed by atoms with Crippen molar-refractivity contribution in [1.82, 2.24) is 0 Å². The molecule has 0 radical (unpaired) electrons. The van der Waals surface area contributed by atoms with E-state index in [1.807, 2.05) is 42.5 Å². The highest BCUT2D eigenvalue weighted by Gasteiger charge is 2.57. The van der Waals surface area contributed by atoms with Gasteiger partial charge in [-0.05, 0) is 105 Å². The normalized spacial score (nSPS) is 22.8. The van der Waals surface area contributed by atoms with Crippen molar-refractivity contribution in [3.05, 3.63) is 218 Å². The monoisotopic (exact) mass is 890 g/mol. The van der Waals surface area contributed by atoms with Gasteiger partial charge in [-0.15, -0.1) is 0 Å². The number of phenolic OH excluding ortho intramolecular Hbond substituents is 9. The van der Waals surface area contributed by atoms with Crippen LogP contribution in [0.3, 0.4) is 0 Å². The molecule has 332 valence electrons. The van der Waals surface area contributed by atoms with Crippen LogP contribution in [-0.2, 0) is 0 Å². The first kappa shape index (κ1) is 40.1. The topological polar surface area (TPSA) is 201 Å². The number of rotatable bonds is 6. The highest BCUT2D eigenvalue weighted by atomic mass is 16.5. The van der Waals surface area contributed by atoms with E-state index in [4.69, 9.17) is 9.47 Å². The fourth-order valence-corrected chi connectivity index (χ4v) is 12.0. The lowest BCUT2D eigenvalue weighted by Crippen LogP contribution is -2.21. The predicted molar refractivity (Wildman–Crippen MR) is 246 cm³/mol. The summed E-state index contributed by atoms with van der Waals surface area (Å²) in [5.74, 6) is -3.95. The van der Waals surface area contributed by atoms with Gasteiger partial charge in [0.2, 0.25) is 0 Å². The first-order valence-corrected chi connectivity index (χ1v) is 22.0. The van der Waals surface area contributed by atoms with Crippen molar-refractivity contribution in [3.8, 4) is 63.2 Å². The van der Waals surface area contributed by atoms with Gasteiger partial charge in [0.25, 0.3) is 0 Å². The van der Waals surface area contributed by atoms with Crippen LogP contribution in [0.1, 0.15) is 114 Å². The molecule has 0 saturated carbocycles. The SMILES string of the molecule is Oc1ccc([C@@H]2c3c(O)cc(O)cc3[C@@H]3c4c(cc(O)c5c4[C@@H]2[C@H](c2ccccc2)[C@H]5c2cc(O)cc4c2[C@H](c2cc(O)cc(O)c2)[C@@H](c2ccc(O)cc2)O4)O[C@H]3c2ccc(O)cc2)cc1. The number of aromatic hydroxyl groups is 9. The number of ether oxygens (including phenoxy) is 2. The Morgan fingerprint density at radius 3 is 1.37 bits per heavy atom. The average molecular weight is 891 g/mol. The Labute approximate surface area is 383 Å². The number of fused-ring (bicyclic) bond motifs is 3. The van der Waals surface area contributed by atoms with Crippen molar-refractivity contribution in [2.75, 3.05) is 0 Å². The molecule has 0 fully saturated rings. The molecule has 0 bridgehead atoms. The first-order chi connectivity index (χ1) is 32.4. The van der Waals surface area contributed by atoms with E-state index < -0.39 is 47.7 Å². The van der Waals surface area contributed by atoms with Crippen LogP contribution in [0.25, 0.3) is 0 Å². The van der Waals surface area contributed by atoms with Crippen LogP contribution in [0.5, 0.6) is 63.2 Å². The van der Waals surface area contributed by atoms with Crippen molar-refractivity contribution in [2.24, 2.45) is 0 Å². The van der Waals surface area contributed by atoms with E-state index >= 15 is 0 Å². The van der Waals surface area contributed by atoms with E-state index in [-0.39, 0.29) is 51.7 Å². The molecule has 2 aliphatic heterocycles. The molecule has 8 atom stereocenters. The Morgan fingerprint density at radius 2 is 0.776 bits per heavy atom. The summed E-state index contributed by atoms with van der Waals surface area (Å²) in [7, 11) is 0. The smallest absolute Gasteiger partial charge is 0.135 e. The summed E-state index contributed by atoms with van der Waals surface area (Å²) in [6.07, 6.45) is -1.52. The maximum Gasteiger partial charge on any atom is 0.135 e. The molecule has 2 heterocycles. The molecule has 8 aromatic rings. The summed E-state index contributed by atoms with van der Waals surface area (Å²) in [4.78, 5) is 0. The minimum Gasteiger partial charge on any atom is -0.508 e. The van der Waals surface area contributed by atoms with Gasteiger partial charge in [-0.3, -0.25) is 0 Å². The van der Waals surface area contributed by atoms with E-state index in [9.17, 15) is 46.0 Å². The summed E-state index contributed by atoms with van der Waals surface area (Å²) in [5.41, 5.74) is 7.91. The van der Waals surface area contributed by atoms with Crippen LogP contribution < -0.4 is 9.47 Å². The van der Waals surface area contributed by atoms with Crippen LogP contribution in [0.2, 0.25) is 0 Å². The molecule has 0 saturated heterocycles. The Balaban J connectivity index is 1.20. The third-order valence-electron chi connectivity index (χ3n) is 14.4. The largest absolute Gasteiger partial charge is 0.508 e. The molecular weight excluding hydrogens is 849 g/mol. The molecule has 0 amide bonds. The van der Waals surface area contributed by atoms with Crippen molar-refractivity contribution in [3.63, 3.8) is 0 Å². The van der Waals surface area contributed by atoms with Crippen LogP contribution in [0.4, 0.5) is 0 Å². The average Bonchev–Trinajstić information content (AvgIpc) is 3.96. The molecule has 4 aliphatic rings. The Morgan fingerprint density at radius 1 is 0.284 bits per heavy atom. The Hall–Kier alpha value is -8.44. The maximum atomic E-state index is 12.8. The summed E-state index contributed by atoms with van der Waals surface area (Å²) in [6.45, 7) is 0. The zero-order chi connectivity index (χ0) is 46.0. The van der Waals surface area contributed by atoms with Gasteiger partial charge in [-0.25, -0.2) is 0 Å². The fourth-order valence-electron chi connectivity index (χ4n) is 12.0. The molecule has 11 nitrogen and oxygen atoms in total. The van der Waals surface area contributed by atoms with Crippen LogP contribution in [0.15, 0.2) is 152 Å². The molecule has 9 N–H and O–H groups in total. The first-order valence-electron chi connectivity index (χ1n) is 22.0. The quantitative estimate of drug-likeness (QED) is 0.0769. The lowest BCUT2D eigenvalue weighted by atomic mass is 9.68. The van der Waals surface area contributed by atoms with E-state index in [1.165, 1.54) is 18.2 Å². The number of hydrogen-bond acceptors (Lipinski definition) is 11. The zero-order valence-electron chi connectivity index (χ0n) is 35.4. The maximum absolute atomic E-state index is 12.8. The second-order valence-corrected chi connectivity index (χ2v) is 18.1.